The summed E-state index contributed by atoms with van der Waals surface area (Å²) in [7, 11) is 0. The third-order valence-corrected chi connectivity index (χ3v) is 4.27. The fraction of sp³-hybridized carbons (Fsp3) is 0.167. The van der Waals surface area contributed by atoms with E-state index in [1.165, 1.54) is 23.5 Å². The zero-order valence-corrected chi connectivity index (χ0v) is 11.3. The lowest BCUT2D eigenvalue weighted by atomic mass is 10.1. The molecule has 0 radical (unpaired) electrons. The van der Waals surface area contributed by atoms with Gasteiger partial charge < -0.3 is 0 Å². The molecule has 0 aliphatic heterocycles. The van der Waals surface area contributed by atoms with Gasteiger partial charge in [-0.25, -0.2) is 4.98 Å². The Bertz CT molecular complexity index is 641. The van der Waals surface area contributed by atoms with Crippen LogP contribution in [-0.4, -0.2) is 4.98 Å². The van der Waals surface area contributed by atoms with E-state index in [-0.39, 0.29) is 5.56 Å². The Morgan fingerprint density at radius 3 is 2.63 bits per heavy atom. The average Bonchev–Trinajstić information content (AvgIpc) is 2.73. The quantitative estimate of drug-likeness (QED) is 0.819. The number of hydrogen-bond acceptors (Lipinski definition) is 4. The normalized spacial score (nSPS) is 11.3. The first-order valence-electron chi connectivity index (χ1n) is 5.11. The molecule has 2 nitrogen and oxygen atoms in total. The van der Waals surface area contributed by atoms with Crippen LogP contribution in [0.5, 0.6) is 0 Å². The first-order valence-corrected chi connectivity index (χ1v) is 6.81. The number of hydrogen-bond donors (Lipinski definition) is 0. The Kier molecular flexibility index (Phi) is 3.83. The second-order valence-corrected chi connectivity index (χ2v) is 5.85. The summed E-state index contributed by atoms with van der Waals surface area (Å²) >= 11 is 2.53. The summed E-state index contributed by atoms with van der Waals surface area (Å²) in [6.07, 6.45) is -4.53. The molecule has 0 saturated carbocycles. The van der Waals surface area contributed by atoms with Crippen LogP contribution in [0.1, 0.15) is 16.8 Å². The molecular formula is C12H7F3N2S2. The van der Waals surface area contributed by atoms with Crippen LogP contribution < -0.4 is 0 Å². The maximum atomic E-state index is 12.8. The van der Waals surface area contributed by atoms with E-state index in [4.69, 9.17) is 5.26 Å². The van der Waals surface area contributed by atoms with Crippen molar-refractivity contribution in [2.75, 3.05) is 0 Å². The van der Waals surface area contributed by atoms with Crippen molar-refractivity contribution in [3.8, 4) is 6.07 Å². The number of alkyl halides is 3. The molecule has 2 aromatic rings. The van der Waals surface area contributed by atoms with Crippen molar-refractivity contribution in [1.29, 1.82) is 5.26 Å². The number of nitrogens with zero attached hydrogens (tertiary/aromatic N) is 2. The Balaban J connectivity index is 2.36. The van der Waals surface area contributed by atoms with Crippen LogP contribution in [0.3, 0.4) is 0 Å². The van der Waals surface area contributed by atoms with Gasteiger partial charge in [0.15, 0.2) is 4.34 Å². The summed E-state index contributed by atoms with van der Waals surface area (Å²) in [6, 6.07) is 5.22. The third-order valence-electron chi connectivity index (χ3n) is 2.22. The van der Waals surface area contributed by atoms with Crippen LogP contribution in [0.4, 0.5) is 13.2 Å². The Hall–Kier alpha value is -1.52. The molecule has 98 valence electrons. The Labute approximate surface area is 115 Å². The molecule has 1 heterocycles. The molecule has 0 amide bonds. The third kappa shape index (κ3) is 3.28. The number of nitriles is 1. The number of halogens is 3. The van der Waals surface area contributed by atoms with Crippen LogP contribution in [0.25, 0.3) is 0 Å². The van der Waals surface area contributed by atoms with Gasteiger partial charge in [-0.05, 0) is 25.1 Å². The molecule has 0 atom stereocenters. The van der Waals surface area contributed by atoms with Crippen molar-refractivity contribution in [2.45, 2.75) is 22.3 Å². The summed E-state index contributed by atoms with van der Waals surface area (Å²) in [6.45, 7) is 1.82. The number of rotatable bonds is 2. The van der Waals surface area contributed by atoms with Gasteiger partial charge in [0.2, 0.25) is 0 Å². The van der Waals surface area contributed by atoms with E-state index in [2.05, 4.69) is 4.98 Å². The van der Waals surface area contributed by atoms with Crippen LogP contribution >= 0.6 is 23.1 Å². The van der Waals surface area contributed by atoms with Gasteiger partial charge in [0, 0.05) is 16.0 Å². The van der Waals surface area contributed by atoms with Gasteiger partial charge >= 0.3 is 6.18 Å². The van der Waals surface area contributed by atoms with E-state index in [0.29, 0.717) is 9.24 Å². The molecule has 0 aliphatic carbocycles. The summed E-state index contributed by atoms with van der Waals surface area (Å²) in [5.74, 6) is 0. The molecule has 0 bridgehead atoms. The maximum absolute atomic E-state index is 12.8. The standard InChI is InChI=1S/C12H7F3N2S2/c1-7-6-18-11(17-7)19-9-3-2-8(5-16)10(4-9)12(13,14)15/h2-4,6H,1H3. The van der Waals surface area contributed by atoms with Crippen molar-refractivity contribution >= 4 is 23.1 Å². The lowest BCUT2D eigenvalue weighted by Crippen LogP contribution is -2.07. The molecule has 0 spiro atoms. The smallest absolute Gasteiger partial charge is 0.235 e. The monoisotopic (exact) mass is 300 g/mol. The van der Waals surface area contributed by atoms with E-state index in [1.54, 1.807) is 6.07 Å². The summed E-state index contributed by atoms with van der Waals surface area (Å²) in [4.78, 5) is 4.59. The summed E-state index contributed by atoms with van der Waals surface area (Å²) < 4.78 is 39.0. The van der Waals surface area contributed by atoms with Gasteiger partial charge in [-0.3, -0.25) is 0 Å². The number of benzene rings is 1. The zero-order valence-electron chi connectivity index (χ0n) is 9.65. The van der Waals surface area contributed by atoms with Crippen molar-refractivity contribution < 1.29 is 13.2 Å². The van der Waals surface area contributed by atoms with E-state index in [0.717, 1.165) is 23.5 Å². The average molecular weight is 300 g/mol. The van der Waals surface area contributed by atoms with Gasteiger partial charge in [-0.2, -0.15) is 18.4 Å². The number of aromatic nitrogens is 1. The van der Waals surface area contributed by atoms with Gasteiger partial charge in [0.05, 0.1) is 17.2 Å². The highest BCUT2D eigenvalue weighted by Crippen LogP contribution is 2.37. The first-order chi connectivity index (χ1) is 8.90. The van der Waals surface area contributed by atoms with Crippen molar-refractivity contribution in [3.05, 3.63) is 40.4 Å². The highest BCUT2D eigenvalue weighted by atomic mass is 32.2. The lowest BCUT2D eigenvalue weighted by Gasteiger charge is -2.09. The van der Waals surface area contributed by atoms with Gasteiger partial charge in [-0.15, -0.1) is 11.3 Å². The van der Waals surface area contributed by atoms with E-state index in [1.807, 2.05) is 12.3 Å². The highest BCUT2D eigenvalue weighted by Gasteiger charge is 2.33. The minimum Gasteiger partial charge on any atom is -0.235 e. The molecule has 0 aliphatic rings. The van der Waals surface area contributed by atoms with Crippen LogP contribution in [-0.2, 0) is 6.18 Å². The molecule has 19 heavy (non-hydrogen) atoms. The summed E-state index contributed by atoms with van der Waals surface area (Å²) in [5.41, 5.74) is -0.447. The fourth-order valence-electron chi connectivity index (χ4n) is 1.40. The van der Waals surface area contributed by atoms with E-state index in [9.17, 15) is 13.2 Å². The first kappa shape index (κ1) is 13.9. The molecule has 0 fully saturated rings. The van der Waals surface area contributed by atoms with Crippen molar-refractivity contribution in [3.63, 3.8) is 0 Å². The molecular weight excluding hydrogens is 293 g/mol. The molecule has 2 rings (SSSR count). The predicted molar refractivity (Wildman–Crippen MR) is 67.1 cm³/mol. The second kappa shape index (κ2) is 5.23. The van der Waals surface area contributed by atoms with E-state index >= 15 is 0 Å². The highest BCUT2D eigenvalue weighted by molar-refractivity contribution is 8.01. The minimum atomic E-state index is -4.53. The van der Waals surface area contributed by atoms with Crippen molar-refractivity contribution in [1.82, 2.24) is 4.98 Å². The molecule has 0 saturated heterocycles. The molecule has 1 aromatic heterocycles. The fourth-order valence-corrected chi connectivity index (χ4v) is 3.25. The zero-order chi connectivity index (χ0) is 14.0. The maximum Gasteiger partial charge on any atom is 0.417 e. The van der Waals surface area contributed by atoms with Gasteiger partial charge in [-0.1, -0.05) is 11.8 Å². The predicted octanol–water partition coefficient (Wildman–Crippen LogP) is 4.49. The minimum absolute atomic E-state index is 0.368. The lowest BCUT2D eigenvalue weighted by molar-refractivity contribution is -0.137. The Morgan fingerprint density at radius 2 is 2.11 bits per heavy atom. The van der Waals surface area contributed by atoms with Gasteiger partial charge in [0.1, 0.15) is 0 Å². The van der Waals surface area contributed by atoms with Crippen LogP contribution in [0.2, 0.25) is 0 Å². The van der Waals surface area contributed by atoms with Crippen LogP contribution in [0, 0.1) is 18.3 Å². The second-order valence-electron chi connectivity index (χ2n) is 3.67. The van der Waals surface area contributed by atoms with Crippen LogP contribution in [0.15, 0.2) is 32.8 Å². The number of thiazole rings is 1. The summed E-state index contributed by atoms with van der Waals surface area (Å²) in [5, 5.41) is 10.5. The molecule has 0 N–H and O–H groups in total. The van der Waals surface area contributed by atoms with Crippen molar-refractivity contribution in [2.24, 2.45) is 0 Å². The topological polar surface area (TPSA) is 36.7 Å². The van der Waals surface area contributed by atoms with Gasteiger partial charge in [0.25, 0.3) is 0 Å². The number of aryl methyl sites for hydroxylation is 1. The SMILES string of the molecule is Cc1csc(Sc2ccc(C#N)c(C(F)(F)F)c2)n1. The largest absolute Gasteiger partial charge is 0.417 e. The van der Waals surface area contributed by atoms with E-state index < -0.39 is 11.7 Å². The molecule has 1 aromatic carbocycles. The molecule has 0 unspecified atom stereocenters. The Morgan fingerprint density at radius 1 is 1.37 bits per heavy atom. The molecule has 7 heteroatoms.